The van der Waals surface area contributed by atoms with Gasteiger partial charge in [0.05, 0.1) is 5.92 Å². The fourth-order valence-electron chi connectivity index (χ4n) is 2.82. The number of nitrogens with zero attached hydrogens (tertiary/aromatic N) is 3. The highest BCUT2D eigenvalue weighted by molar-refractivity contribution is 7.15. The summed E-state index contributed by atoms with van der Waals surface area (Å²) < 4.78 is 26.7. The summed E-state index contributed by atoms with van der Waals surface area (Å²) in [5, 5.41) is 12.0. The molecule has 2 heterocycles. The maximum atomic E-state index is 13.4. The first-order chi connectivity index (χ1) is 12.0. The molecular formula is C16H14F2N4O2S. The van der Waals surface area contributed by atoms with Crippen molar-refractivity contribution < 1.29 is 18.4 Å². The van der Waals surface area contributed by atoms with Crippen LogP contribution in [-0.2, 0) is 9.59 Å². The van der Waals surface area contributed by atoms with E-state index in [0.29, 0.717) is 11.0 Å². The van der Waals surface area contributed by atoms with Crippen molar-refractivity contribution in [1.29, 1.82) is 0 Å². The summed E-state index contributed by atoms with van der Waals surface area (Å²) in [6.07, 6.45) is 2.18. The zero-order chi connectivity index (χ0) is 17.6. The molecule has 1 atom stereocenters. The van der Waals surface area contributed by atoms with Crippen molar-refractivity contribution in [2.75, 3.05) is 16.8 Å². The average molecular weight is 364 g/mol. The lowest BCUT2D eigenvalue weighted by molar-refractivity contribution is -0.122. The molecule has 1 aliphatic heterocycles. The Kier molecular flexibility index (Phi) is 3.95. The summed E-state index contributed by atoms with van der Waals surface area (Å²) in [5.74, 6) is -2.37. The molecule has 2 amide bonds. The summed E-state index contributed by atoms with van der Waals surface area (Å²) in [7, 11) is 0. The quantitative estimate of drug-likeness (QED) is 0.905. The number of rotatable bonds is 4. The smallest absolute Gasteiger partial charge is 0.231 e. The maximum absolute atomic E-state index is 13.4. The predicted octanol–water partition coefficient (Wildman–Crippen LogP) is 2.69. The van der Waals surface area contributed by atoms with Crippen molar-refractivity contribution in [3.05, 3.63) is 34.8 Å². The van der Waals surface area contributed by atoms with E-state index in [2.05, 4.69) is 15.5 Å². The molecule has 2 aromatic rings. The van der Waals surface area contributed by atoms with E-state index in [-0.39, 0.29) is 30.5 Å². The minimum atomic E-state index is -0.767. The van der Waals surface area contributed by atoms with E-state index in [1.807, 2.05) is 0 Å². The number of nitrogens with one attached hydrogen (secondary N) is 1. The molecule has 0 radical (unpaired) electrons. The van der Waals surface area contributed by atoms with Crippen molar-refractivity contribution >= 4 is 34.0 Å². The van der Waals surface area contributed by atoms with E-state index in [1.165, 1.54) is 16.2 Å². The molecule has 25 heavy (non-hydrogen) atoms. The van der Waals surface area contributed by atoms with E-state index in [9.17, 15) is 18.4 Å². The van der Waals surface area contributed by atoms with Gasteiger partial charge in [-0.05, 0) is 25.0 Å². The van der Waals surface area contributed by atoms with Gasteiger partial charge in [-0.25, -0.2) is 8.78 Å². The number of aromatic nitrogens is 2. The van der Waals surface area contributed by atoms with Crippen LogP contribution in [0.4, 0.5) is 19.6 Å². The van der Waals surface area contributed by atoms with Gasteiger partial charge in [0.25, 0.3) is 0 Å². The largest absolute Gasteiger partial charge is 0.311 e. The maximum Gasteiger partial charge on any atom is 0.231 e. The first-order valence-corrected chi connectivity index (χ1v) is 8.72. The van der Waals surface area contributed by atoms with Gasteiger partial charge >= 0.3 is 0 Å². The van der Waals surface area contributed by atoms with Gasteiger partial charge in [-0.2, -0.15) is 0 Å². The number of benzene rings is 1. The number of hydrogen-bond donors (Lipinski definition) is 1. The average Bonchev–Trinajstić information content (AvgIpc) is 3.17. The minimum Gasteiger partial charge on any atom is -0.311 e. The Balaban J connectivity index is 1.44. The minimum absolute atomic E-state index is 0.0156. The third kappa shape index (κ3) is 3.37. The lowest BCUT2D eigenvalue weighted by Crippen LogP contribution is -2.28. The number of halogens is 2. The summed E-state index contributed by atoms with van der Waals surface area (Å²) in [6.45, 7) is 0.0713. The van der Waals surface area contributed by atoms with E-state index in [0.717, 1.165) is 36.0 Å². The third-order valence-corrected chi connectivity index (χ3v) is 5.25. The van der Waals surface area contributed by atoms with E-state index >= 15 is 0 Å². The molecule has 1 unspecified atom stereocenters. The first kappa shape index (κ1) is 16.1. The van der Waals surface area contributed by atoms with Crippen LogP contribution in [0.5, 0.6) is 0 Å². The van der Waals surface area contributed by atoms with Crippen LogP contribution in [-0.4, -0.2) is 28.6 Å². The topological polar surface area (TPSA) is 75.2 Å². The van der Waals surface area contributed by atoms with Gasteiger partial charge in [-0.15, -0.1) is 10.2 Å². The van der Waals surface area contributed by atoms with Gasteiger partial charge in [0, 0.05) is 30.6 Å². The van der Waals surface area contributed by atoms with Crippen LogP contribution < -0.4 is 10.2 Å². The Morgan fingerprint density at radius 3 is 2.60 bits per heavy atom. The normalized spacial score (nSPS) is 20.2. The summed E-state index contributed by atoms with van der Waals surface area (Å²) in [4.78, 5) is 25.7. The van der Waals surface area contributed by atoms with Crippen molar-refractivity contribution in [2.45, 2.75) is 25.2 Å². The van der Waals surface area contributed by atoms with Crippen molar-refractivity contribution in [1.82, 2.24) is 10.2 Å². The van der Waals surface area contributed by atoms with Gasteiger partial charge in [0.1, 0.15) is 16.6 Å². The molecule has 1 aromatic carbocycles. The summed E-state index contributed by atoms with van der Waals surface area (Å²) in [5.41, 5.74) is 0.115. The van der Waals surface area contributed by atoms with Gasteiger partial charge in [-0.3, -0.25) is 9.59 Å². The summed E-state index contributed by atoms with van der Waals surface area (Å²) >= 11 is 1.34. The van der Waals surface area contributed by atoms with Crippen LogP contribution in [0, 0.1) is 17.6 Å². The predicted molar refractivity (Wildman–Crippen MR) is 87.3 cm³/mol. The van der Waals surface area contributed by atoms with Crippen LogP contribution in [0.15, 0.2) is 18.2 Å². The molecule has 1 aromatic heterocycles. The van der Waals surface area contributed by atoms with Gasteiger partial charge in [0.2, 0.25) is 16.9 Å². The Labute approximate surface area is 145 Å². The number of anilines is 2. The molecule has 2 aliphatic rings. The molecular weight excluding hydrogens is 350 g/mol. The van der Waals surface area contributed by atoms with Crippen LogP contribution in [0.2, 0.25) is 0 Å². The van der Waals surface area contributed by atoms with E-state index < -0.39 is 17.6 Å². The highest BCUT2D eigenvalue weighted by Crippen LogP contribution is 2.42. The Bertz CT molecular complexity index is 832. The second-order valence-electron chi connectivity index (χ2n) is 6.24. The zero-order valence-corrected chi connectivity index (χ0v) is 13.9. The zero-order valence-electron chi connectivity index (χ0n) is 13.0. The molecule has 0 bridgehead atoms. The standard InChI is InChI=1S/C16H14F2N4O2S/c17-10-4-11(18)6-12(5-10)22-7-9(3-13(22)23)14(24)19-16-21-20-15(25-16)8-1-2-8/h4-6,8-9H,1-3,7H2,(H,19,21,24). The molecule has 9 heteroatoms. The number of amides is 2. The molecule has 1 aliphatic carbocycles. The van der Waals surface area contributed by atoms with Crippen LogP contribution in [0.1, 0.15) is 30.2 Å². The molecule has 1 saturated carbocycles. The van der Waals surface area contributed by atoms with E-state index in [4.69, 9.17) is 0 Å². The lowest BCUT2D eigenvalue weighted by Gasteiger charge is -2.16. The van der Waals surface area contributed by atoms with Gasteiger partial charge < -0.3 is 10.2 Å². The fourth-order valence-corrected chi connectivity index (χ4v) is 3.73. The highest BCUT2D eigenvalue weighted by atomic mass is 32.1. The Morgan fingerprint density at radius 1 is 1.20 bits per heavy atom. The Hall–Kier alpha value is -2.42. The highest BCUT2D eigenvalue weighted by Gasteiger charge is 2.36. The van der Waals surface area contributed by atoms with Gasteiger partial charge in [-0.1, -0.05) is 11.3 Å². The van der Waals surface area contributed by atoms with Crippen LogP contribution in [0.3, 0.4) is 0 Å². The van der Waals surface area contributed by atoms with Crippen LogP contribution >= 0.6 is 11.3 Å². The van der Waals surface area contributed by atoms with E-state index in [1.54, 1.807) is 0 Å². The second-order valence-corrected chi connectivity index (χ2v) is 7.25. The van der Waals surface area contributed by atoms with Crippen molar-refractivity contribution in [3.8, 4) is 0 Å². The number of hydrogen-bond acceptors (Lipinski definition) is 5. The lowest BCUT2D eigenvalue weighted by atomic mass is 10.1. The monoisotopic (exact) mass is 364 g/mol. The van der Waals surface area contributed by atoms with Crippen LogP contribution in [0.25, 0.3) is 0 Å². The molecule has 0 spiro atoms. The number of carbonyl (C=O) groups excluding carboxylic acids is 2. The summed E-state index contributed by atoms with van der Waals surface area (Å²) in [6, 6.07) is 2.89. The van der Waals surface area contributed by atoms with Crippen molar-refractivity contribution in [3.63, 3.8) is 0 Å². The third-order valence-electron chi connectivity index (χ3n) is 4.25. The fraction of sp³-hybridized carbons (Fsp3) is 0.375. The molecule has 1 saturated heterocycles. The first-order valence-electron chi connectivity index (χ1n) is 7.90. The Morgan fingerprint density at radius 2 is 1.92 bits per heavy atom. The SMILES string of the molecule is O=C(Nc1nnc(C2CC2)s1)C1CC(=O)N(c2cc(F)cc(F)c2)C1. The number of carbonyl (C=O) groups is 2. The van der Waals surface area contributed by atoms with Crippen molar-refractivity contribution in [2.24, 2.45) is 5.92 Å². The van der Waals surface area contributed by atoms with Gasteiger partial charge in [0.15, 0.2) is 0 Å². The molecule has 6 nitrogen and oxygen atoms in total. The molecule has 1 N–H and O–H groups in total. The molecule has 130 valence electrons. The molecule has 2 fully saturated rings. The second kappa shape index (κ2) is 6.14. The molecule has 4 rings (SSSR count).